The van der Waals surface area contributed by atoms with Gasteiger partial charge < -0.3 is 4.90 Å². The first-order chi connectivity index (χ1) is 8.60. The van der Waals surface area contributed by atoms with Gasteiger partial charge in [-0.2, -0.15) is 0 Å². The fourth-order valence-corrected chi connectivity index (χ4v) is 2.88. The van der Waals surface area contributed by atoms with E-state index in [1.54, 1.807) is 0 Å². The molecule has 1 aliphatic heterocycles. The zero-order chi connectivity index (χ0) is 14.6. The summed E-state index contributed by atoms with van der Waals surface area (Å²) in [5, 5.41) is 0. The third kappa shape index (κ3) is 7.41. The predicted molar refractivity (Wildman–Crippen MR) is 86.2 cm³/mol. The maximum absolute atomic E-state index is 2.58. The van der Waals surface area contributed by atoms with Crippen molar-refractivity contribution in [1.82, 2.24) is 4.90 Å². The number of rotatable bonds is 4. The summed E-state index contributed by atoms with van der Waals surface area (Å²) < 4.78 is 0. The molecule has 1 saturated heterocycles. The Balaban J connectivity index is 0. The fourth-order valence-electron chi connectivity index (χ4n) is 2.88. The maximum Gasteiger partial charge on any atom is -0.00160 e. The quantitative estimate of drug-likeness (QED) is 0.634. The molecule has 0 saturated carbocycles. The van der Waals surface area contributed by atoms with Crippen molar-refractivity contribution in [3.05, 3.63) is 0 Å². The summed E-state index contributed by atoms with van der Waals surface area (Å²) in [7, 11) is 0. The second-order valence-electron chi connectivity index (χ2n) is 5.45. The molecule has 1 aliphatic rings. The van der Waals surface area contributed by atoms with Gasteiger partial charge in [0, 0.05) is 0 Å². The molecule has 0 aliphatic carbocycles. The van der Waals surface area contributed by atoms with Crippen LogP contribution >= 0.6 is 0 Å². The maximum atomic E-state index is 2.58. The first-order valence-electron chi connectivity index (χ1n) is 8.32. The van der Waals surface area contributed by atoms with Crippen LogP contribution in [0.25, 0.3) is 0 Å². The summed E-state index contributed by atoms with van der Waals surface area (Å²) in [6.07, 6.45) is 5.56. The van der Waals surface area contributed by atoms with Gasteiger partial charge in [-0.15, -0.1) is 0 Å². The Morgan fingerprint density at radius 2 is 1.39 bits per heavy atom. The van der Waals surface area contributed by atoms with E-state index >= 15 is 0 Å². The van der Waals surface area contributed by atoms with Crippen LogP contribution in [0.15, 0.2) is 0 Å². The molecule has 0 N–H and O–H groups in total. The van der Waals surface area contributed by atoms with E-state index in [1.165, 1.54) is 45.3 Å². The van der Waals surface area contributed by atoms with Crippen LogP contribution in [0.3, 0.4) is 0 Å². The lowest BCUT2D eigenvalue weighted by atomic mass is 9.71. The summed E-state index contributed by atoms with van der Waals surface area (Å²) in [6, 6.07) is 0. The van der Waals surface area contributed by atoms with Gasteiger partial charge in [-0.3, -0.25) is 0 Å². The lowest BCUT2D eigenvalue weighted by Gasteiger charge is -2.40. The number of likely N-dealkylation sites (tertiary alicyclic amines) is 1. The van der Waals surface area contributed by atoms with Crippen LogP contribution in [0.4, 0.5) is 0 Å². The molecule has 0 aromatic carbocycles. The second kappa shape index (κ2) is 12.0. The minimum Gasteiger partial charge on any atom is -0.304 e. The Morgan fingerprint density at radius 1 is 0.944 bits per heavy atom. The van der Waals surface area contributed by atoms with Crippen molar-refractivity contribution in [2.24, 2.45) is 11.3 Å². The molecule has 112 valence electrons. The zero-order valence-electron chi connectivity index (χ0n) is 14.5. The third-order valence-electron chi connectivity index (χ3n) is 4.03. The summed E-state index contributed by atoms with van der Waals surface area (Å²) in [6.45, 7) is 21.4. The molecular formula is C17H39N. The van der Waals surface area contributed by atoms with Gasteiger partial charge >= 0.3 is 0 Å². The van der Waals surface area contributed by atoms with E-state index in [0.29, 0.717) is 5.41 Å². The summed E-state index contributed by atoms with van der Waals surface area (Å²) in [5.74, 6) is 0.963. The highest BCUT2D eigenvalue weighted by Gasteiger charge is 2.31. The molecule has 1 rings (SSSR count). The SMILES string of the molecule is CC.CC.CCCC(C)(C)C1CCN(CC)CC1. The van der Waals surface area contributed by atoms with Crippen LogP contribution in [0.2, 0.25) is 0 Å². The average molecular weight is 258 g/mol. The number of nitrogens with zero attached hydrogens (tertiary/aromatic N) is 1. The van der Waals surface area contributed by atoms with Gasteiger partial charge in [-0.1, -0.05) is 61.8 Å². The number of hydrogen-bond acceptors (Lipinski definition) is 1. The highest BCUT2D eigenvalue weighted by Crippen LogP contribution is 2.38. The molecular weight excluding hydrogens is 218 g/mol. The van der Waals surface area contributed by atoms with Crippen LogP contribution in [0.5, 0.6) is 0 Å². The Kier molecular flexibility index (Phi) is 13.5. The largest absolute Gasteiger partial charge is 0.304 e. The van der Waals surface area contributed by atoms with E-state index in [0.717, 1.165) is 5.92 Å². The molecule has 1 fully saturated rings. The molecule has 0 atom stereocenters. The highest BCUT2D eigenvalue weighted by atomic mass is 15.1. The van der Waals surface area contributed by atoms with Gasteiger partial charge in [0.1, 0.15) is 0 Å². The minimum atomic E-state index is 0.578. The van der Waals surface area contributed by atoms with E-state index in [2.05, 4.69) is 32.6 Å². The van der Waals surface area contributed by atoms with Gasteiger partial charge in [0.2, 0.25) is 0 Å². The van der Waals surface area contributed by atoms with Gasteiger partial charge in [-0.05, 0) is 50.2 Å². The molecule has 0 aromatic rings. The molecule has 1 heterocycles. The molecule has 1 nitrogen and oxygen atoms in total. The lowest BCUT2D eigenvalue weighted by Crippen LogP contribution is -2.38. The molecule has 0 radical (unpaired) electrons. The molecule has 0 aromatic heterocycles. The third-order valence-corrected chi connectivity index (χ3v) is 4.03. The van der Waals surface area contributed by atoms with E-state index in [4.69, 9.17) is 0 Å². The van der Waals surface area contributed by atoms with Crippen LogP contribution in [0.1, 0.15) is 81.1 Å². The van der Waals surface area contributed by atoms with Crippen LogP contribution < -0.4 is 0 Å². The van der Waals surface area contributed by atoms with Crippen molar-refractivity contribution in [2.45, 2.75) is 81.1 Å². The van der Waals surface area contributed by atoms with Crippen molar-refractivity contribution in [1.29, 1.82) is 0 Å². The first kappa shape index (κ1) is 20.3. The van der Waals surface area contributed by atoms with Gasteiger partial charge in [0.05, 0.1) is 0 Å². The van der Waals surface area contributed by atoms with E-state index < -0.39 is 0 Å². The number of hydrogen-bond donors (Lipinski definition) is 0. The van der Waals surface area contributed by atoms with Gasteiger partial charge in [-0.25, -0.2) is 0 Å². The lowest BCUT2D eigenvalue weighted by molar-refractivity contribution is 0.0961. The summed E-state index contributed by atoms with van der Waals surface area (Å²) in [4.78, 5) is 2.58. The van der Waals surface area contributed by atoms with Crippen LogP contribution in [0, 0.1) is 11.3 Å². The molecule has 18 heavy (non-hydrogen) atoms. The Morgan fingerprint density at radius 3 is 1.72 bits per heavy atom. The topological polar surface area (TPSA) is 3.24 Å². The first-order valence-corrected chi connectivity index (χ1v) is 8.32. The molecule has 0 unspecified atom stereocenters. The van der Waals surface area contributed by atoms with Crippen LogP contribution in [-0.4, -0.2) is 24.5 Å². The predicted octanol–water partition coefficient (Wildman–Crippen LogP) is 5.60. The van der Waals surface area contributed by atoms with Crippen molar-refractivity contribution in [3.8, 4) is 0 Å². The van der Waals surface area contributed by atoms with E-state index in [1.807, 2.05) is 27.7 Å². The van der Waals surface area contributed by atoms with Crippen molar-refractivity contribution in [3.63, 3.8) is 0 Å². The van der Waals surface area contributed by atoms with Crippen LogP contribution in [-0.2, 0) is 0 Å². The Hall–Kier alpha value is -0.0400. The normalized spacial score (nSPS) is 17.3. The molecule has 1 heteroatoms. The smallest absolute Gasteiger partial charge is 0.00160 e. The standard InChI is InChI=1S/C13H27N.2C2H6/c1-5-9-13(3,4)12-7-10-14(6-2)11-8-12;2*1-2/h12H,5-11H2,1-4H3;2*1-2H3. The number of piperidine rings is 1. The Labute approximate surface area is 117 Å². The van der Waals surface area contributed by atoms with Gasteiger partial charge in [0.25, 0.3) is 0 Å². The van der Waals surface area contributed by atoms with E-state index in [-0.39, 0.29) is 0 Å². The van der Waals surface area contributed by atoms with E-state index in [9.17, 15) is 0 Å². The highest BCUT2D eigenvalue weighted by molar-refractivity contribution is 4.82. The fraction of sp³-hybridized carbons (Fsp3) is 1.00. The van der Waals surface area contributed by atoms with Crippen molar-refractivity contribution >= 4 is 0 Å². The minimum absolute atomic E-state index is 0.578. The monoisotopic (exact) mass is 257 g/mol. The molecule has 0 amide bonds. The van der Waals surface area contributed by atoms with Crippen molar-refractivity contribution in [2.75, 3.05) is 19.6 Å². The second-order valence-corrected chi connectivity index (χ2v) is 5.45. The summed E-state index contributed by atoms with van der Waals surface area (Å²) in [5.41, 5.74) is 0.578. The molecule has 0 bridgehead atoms. The zero-order valence-corrected chi connectivity index (χ0v) is 14.5. The summed E-state index contributed by atoms with van der Waals surface area (Å²) >= 11 is 0. The molecule has 0 spiro atoms. The van der Waals surface area contributed by atoms with Gasteiger partial charge in [0.15, 0.2) is 0 Å². The average Bonchev–Trinajstić information content (AvgIpc) is 2.43. The van der Waals surface area contributed by atoms with Crippen molar-refractivity contribution < 1.29 is 0 Å². The Bertz CT molecular complexity index is 155.